The molecule has 1 unspecified atom stereocenters. The number of benzene rings is 1. The summed E-state index contributed by atoms with van der Waals surface area (Å²) in [5.74, 6) is -7.62. The summed E-state index contributed by atoms with van der Waals surface area (Å²) < 4.78 is 0. The normalized spacial score (nSPS) is 28.7. The van der Waals surface area contributed by atoms with Crippen LogP contribution in [0, 0.1) is 11.8 Å². The number of nitrogens with zero attached hydrogens (tertiary/aromatic N) is 3. The van der Waals surface area contributed by atoms with E-state index in [0.717, 1.165) is 25.9 Å². The number of aliphatic hydroxyl groups excluding tert-OH is 2. The minimum Gasteiger partial charge on any atom is -0.508 e. The van der Waals surface area contributed by atoms with Crippen molar-refractivity contribution in [1.82, 2.24) is 20.1 Å². The Kier molecular flexibility index (Phi) is 8.99. The molecule has 5 atom stereocenters. The maximum absolute atomic E-state index is 14.0. The summed E-state index contributed by atoms with van der Waals surface area (Å²) in [7, 11) is 3.12. The first-order chi connectivity index (χ1) is 22.1. The number of aromatic hydroxyl groups is 1. The van der Waals surface area contributed by atoms with Gasteiger partial charge in [-0.2, -0.15) is 0 Å². The fourth-order valence-corrected chi connectivity index (χ4v) is 7.20. The zero-order chi connectivity index (χ0) is 34.4. The molecule has 3 aliphatic carbocycles. The minimum absolute atomic E-state index is 0.137. The molecule has 8 N–H and O–H groups in total. The number of carbonyl (C=O) groups is 4. The topological polar surface area (TPSA) is 227 Å². The Morgan fingerprint density at radius 2 is 1.77 bits per heavy atom. The van der Waals surface area contributed by atoms with E-state index >= 15 is 0 Å². The third kappa shape index (κ3) is 5.56. The van der Waals surface area contributed by atoms with Crippen LogP contribution < -0.4 is 11.1 Å². The highest BCUT2D eigenvalue weighted by molar-refractivity contribution is 6.25. The molecule has 0 spiro atoms. The van der Waals surface area contributed by atoms with Crippen LogP contribution in [0.2, 0.25) is 0 Å². The average Bonchev–Trinajstić information content (AvgIpc) is 3.55. The Morgan fingerprint density at radius 1 is 1.09 bits per heavy atom. The highest BCUT2D eigenvalue weighted by Gasteiger charge is 2.66. The standard InChI is InChI=1S/C27H33N3O8.C6H6N2O/c1-26(37)13-7-6-8-16(31)17(13)21(32)18-14(26)11-15-20(29(2)3)22(33)19(24(35)27(15,38)23(18)34)25(36)28-12-30-9-4-5-10-30;7-6(9)5-2-1-3-8-4-5/h6-8,14-15,20,31-32,35,37-38H,4-5,9-12H2,1-3H3,(H,28,36);1-4H,(H2,7,9)/t14?,15-,20-,26+,27-;/m0./s1. The zero-order valence-corrected chi connectivity index (χ0v) is 26.3. The number of nitrogens with two attached hydrogens (primary N) is 1. The van der Waals surface area contributed by atoms with Gasteiger partial charge in [-0.15, -0.1) is 0 Å². The van der Waals surface area contributed by atoms with Gasteiger partial charge in [0.2, 0.25) is 11.7 Å². The molecule has 47 heavy (non-hydrogen) atoms. The number of aliphatic hydroxyl groups is 4. The molecule has 14 nitrogen and oxygen atoms in total. The number of ketones is 2. The van der Waals surface area contributed by atoms with Gasteiger partial charge in [0, 0.05) is 29.8 Å². The zero-order valence-electron chi connectivity index (χ0n) is 26.3. The van der Waals surface area contributed by atoms with E-state index in [0.29, 0.717) is 5.56 Å². The Labute approximate surface area is 270 Å². The molecule has 1 saturated carbocycles. The lowest BCUT2D eigenvalue weighted by Gasteiger charge is -2.53. The predicted octanol–water partition coefficient (Wildman–Crippen LogP) is 0.494. The molecule has 2 fully saturated rings. The summed E-state index contributed by atoms with van der Waals surface area (Å²) in [4.78, 5) is 58.4. The number of amides is 2. The highest BCUT2D eigenvalue weighted by atomic mass is 16.3. The Bertz CT molecular complexity index is 1680. The van der Waals surface area contributed by atoms with Gasteiger partial charge in [0.1, 0.15) is 22.8 Å². The van der Waals surface area contributed by atoms with E-state index < -0.39 is 69.6 Å². The molecule has 6 rings (SSSR count). The molecule has 0 bridgehead atoms. The molecular formula is C33H39N5O9. The van der Waals surface area contributed by atoms with E-state index in [2.05, 4.69) is 10.3 Å². The van der Waals surface area contributed by atoms with Crippen molar-refractivity contribution in [3.63, 3.8) is 0 Å². The fourth-order valence-electron chi connectivity index (χ4n) is 7.20. The molecule has 4 aliphatic rings. The third-order valence-electron chi connectivity index (χ3n) is 9.61. The molecule has 2 aromatic rings. The van der Waals surface area contributed by atoms with Gasteiger partial charge in [0.05, 0.1) is 29.4 Å². The first kappa shape index (κ1) is 33.7. The number of hydrogen-bond donors (Lipinski definition) is 7. The van der Waals surface area contributed by atoms with Crippen LogP contribution in [-0.2, 0) is 20.0 Å². The van der Waals surface area contributed by atoms with Crippen LogP contribution >= 0.6 is 0 Å². The predicted molar refractivity (Wildman–Crippen MR) is 167 cm³/mol. The second-order valence-corrected chi connectivity index (χ2v) is 12.7. The number of pyridine rings is 1. The van der Waals surface area contributed by atoms with Crippen molar-refractivity contribution in [2.24, 2.45) is 17.6 Å². The maximum atomic E-state index is 14.0. The van der Waals surface area contributed by atoms with E-state index in [1.807, 2.05) is 4.90 Å². The number of phenols is 1. The van der Waals surface area contributed by atoms with Gasteiger partial charge in [-0.25, -0.2) is 0 Å². The molecule has 1 aromatic heterocycles. The van der Waals surface area contributed by atoms with Crippen LogP contribution in [0.5, 0.6) is 5.75 Å². The van der Waals surface area contributed by atoms with Gasteiger partial charge < -0.3 is 36.6 Å². The number of hydrogen-bond acceptors (Lipinski definition) is 12. The molecule has 250 valence electrons. The van der Waals surface area contributed by atoms with Gasteiger partial charge in [0.15, 0.2) is 11.4 Å². The monoisotopic (exact) mass is 649 g/mol. The Balaban J connectivity index is 0.000000417. The minimum atomic E-state index is -2.72. The Hall–Kier alpha value is -4.63. The summed E-state index contributed by atoms with van der Waals surface area (Å²) >= 11 is 0. The average molecular weight is 650 g/mol. The van der Waals surface area contributed by atoms with Gasteiger partial charge >= 0.3 is 0 Å². The molecule has 0 radical (unpaired) electrons. The van der Waals surface area contributed by atoms with Gasteiger partial charge in [-0.3, -0.25) is 34.0 Å². The smallest absolute Gasteiger partial charge is 0.259 e. The number of nitrogens with one attached hydrogen (secondary N) is 1. The van der Waals surface area contributed by atoms with Crippen LogP contribution in [0.1, 0.15) is 47.7 Å². The van der Waals surface area contributed by atoms with E-state index in [-0.39, 0.29) is 35.5 Å². The Morgan fingerprint density at radius 3 is 2.34 bits per heavy atom. The third-order valence-corrected chi connectivity index (χ3v) is 9.61. The van der Waals surface area contributed by atoms with Gasteiger partial charge in [-0.1, -0.05) is 12.1 Å². The number of fused-ring (bicyclic) bond motifs is 3. The summed E-state index contributed by atoms with van der Waals surface area (Å²) in [6.45, 7) is 3.11. The van der Waals surface area contributed by atoms with E-state index in [4.69, 9.17) is 5.73 Å². The number of phenolic OH excluding ortho intramolecular Hbond substituents is 1. The lowest BCUT2D eigenvalue weighted by Crippen LogP contribution is -2.67. The molecule has 1 aromatic carbocycles. The second-order valence-electron chi connectivity index (χ2n) is 12.7. The maximum Gasteiger partial charge on any atom is 0.259 e. The molecule has 1 aliphatic heterocycles. The van der Waals surface area contributed by atoms with E-state index in [9.17, 15) is 44.7 Å². The molecule has 2 amide bonds. The van der Waals surface area contributed by atoms with Crippen LogP contribution in [0.3, 0.4) is 0 Å². The number of likely N-dealkylation sites (tertiary alicyclic amines) is 1. The summed E-state index contributed by atoms with van der Waals surface area (Å²) in [5.41, 5.74) is -0.158. The first-order valence-corrected chi connectivity index (χ1v) is 15.2. The number of likely N-dealkylation sites (N-methyl/N-ethyl adjacent to an activating group) is 1. The van der Waals surface area contributed by atoms with Crippen molar-refractivity contribution in [2.45, 2.75) is 43.4 Å². The van der Waals surface area contributed by atoms with E-state index in [1.165, 1.54) is 36.2 Å². The van der Waals surface area contributed by atoms with Crippen molar-refractivity contribution in [3.8, 4) is 5.75 Å². The van der Waals surface area contributed by atoms with Crippen molar-refractivity contribution >= 4 is 29.1 Å². The number of carbonyl (C=O) groups excluding carboxylic acids is 4. The van der Waals surface area contributed by atoms with Gasteiger partial charge in [-0.05, 0) is 77.1 Å². The number of Topliss-reactive ketones (excluding diaryl/α,β-unsaturated/α-hetero) is 2. The summed E-state index contributed by atoms with van der Waals surface area (Å²) in [5, 5.41) is 59.0. The van der Waals surface area contributed by atoms with Gasteiger partial charge in [0.25, 0.3) is 5.91 Å². The summed E-state index contributed by atoms with van der Waals surface area (Å²) in [6, 6.07) is 6.41. The number of primary amides is 1. The quantitative estimate of drug-likeness (QED) is 0.220. The fraction of sp³-hybridized carbons (Fsp3) is 0.424. The van der Waals surface area contributed by atoms with Crippen LogP contribution in [0.4, 0.5) is 0 Å². The van der Waals surface area contributed by atoms with Crippen molar-refractivity contribution < 1.29 is 44.7 Å². The molecule has 2 heterocycles. The van der Waals surface area contributed by atoms with Crippen molar-refractivity contribution in [1.29, 1.82) is 0 Å². The lowest BCUT2D eigenvalue weighted by atomic mass is 9.54. The summed E-state index contributed by atoms with van der Waals surface area (Å²) in [6.07, 6.45) is 4.80. The lowest BCUT2D eigenvalue weighted by molar-refractivity contribution is -0.159. The second kappa shape index (κ2) is 12.5. The van der Waals surface area contributed by atoms with E-state index in [1.54, 1.807) is 32.4 Å². The SMILES string of the molecule is CN(C)[C@@H]1C(=O)C(C(=O)NCN2CCCC2)=C(O)[C@@]2(O)C(=O)C3=C(O)c4c(O)cccc4[C@@](C)(O)C3C[C@@H]12.NC(=O)c1cccnc1. The van der Waals surface area contributed by atoms with Crippen LogP contribution in [-0.4, -0.2) is 109 Å². The molecule has 1 saturated heterocycles. The number of rotatable bonds is 5. The van der Waals surface area contributed by atoms with Crippen molar-refractivity contribution in [3.05, 3.63) is 76.3 Å². The number of aromatic nitrogens is 1. The largest absolute Gasteiger partial charge is 0.508 e. The van der Waals surface area contributed by atoms with Crippen LogP contribution in [0.25, 0.3) is 5.76 Å². The first-order valence-electron chi connectivity index (χ1n) is 15.2. The van der Waals surface area contributed by atoms with Crippen molar-refractivity contribution in [2.75, 3.05) is 33.9 Å². The molecule has 14 heteroatoms. The van der Waals surface area contributed by atoms with Crippen LogP contribution in [0.15, 0.2) is 59.6 Å². The molecular weight excluding hydrogens is 610 g/mol. The highest BCUT2D eigenvalue weighted by Crippen LogP contribution is 2.57.